The molecule has 0 aliphatic heterocycles. The number of aliphatic carboxylic acids is 1. The van der Waals surface area contributed by atoms with Gasteiger partial charge in [0.25, 0.3) is 0 Å². The fourth-order valence-electron chi connectivity index (χ4n) is 2.02. The molecule has 0 saturated carbocycles. The smallest absolute Gasteiger partial charge is 0.331 e. The van der Waals surface area contributed by atoms with Crippen LogP contribution in [0.1, 0.15) is 51.9 Å². The fraction of sp³-hybridized carbons (Fsp3) is 0.846. The first-order chi connectivity index (χ1) is 8.55. The van der Waals surface area contributed by atoms with Gasteiger partial charge in [0.2, 0.25) is 0 Å². The topological polar surface area (TPSA) is 92.4 Å². The van der Waals surface area contributed by atoms with Crippen molar-refractivity contribution in [1.82, 2.24) is 5.32 Å². The maximum atomic E-state index is 12.1. The Morgan fingerprint density at radius 1 is 1.22 bits per heavy atom. The van der Waals surface area contributed by atoms with E-state index in [0.29, 0.717) is 25.8 Å². The second kappa shape index (κ2) is 9.05. The normalized spacial score (nSPS) is 14.2. The molecule has 0 saturated heterocycles. The number of carbonyl (C=O) groups excluding carboxylic acids is 1. The summed E-state index contributed by atoms with van der Waals surface area (Å²) in [6, 6.07) is 0. The van der Waals surface area contributed by atoms with E-state index >= 15 is 0 Å². The third-order valence-electron chi connectivity index (χ3n) is 3.28. The predicted molar refractivity (Wildman–Crippen MR) is 71.5 cm³/mol. The van der Waals surface area contributed by atoms with Crippen molar-refractivity contribution < 1.29 is 14.7 Å². The van der Waals surface area contributed by atoms with E-state index in [-0.39, 0.29) is 5.78 Å². The molecule has 0 unspecified atom stereocenters. The molecule has 0 aliphatic carbocycles. The standard InChI is InChI=1S/C13H26N2O3/c1-3-4-5-8-11(16)13(15-2,12(17)18)9-6-7-10-14/h15H,3-10,14H2,1-2H3,(H,17,18)/t13-/m1/s1. The minimum Gasteiger partial charge on any atom is -0.480 e. The van der Waals surface area contributed by atoms with Crippen LogP contribution in [0.2, 0.25) is 0 Å². The molecule has 0 spiro atoms. The van der Waals surface area contributed by atoms with Crippen LogP contribution in [-0.2, 0) is 9.59 Å². The van der Waals surface area contributed by atoms with Gasteiger partial charge in [-0.15, -0.1) is 0 Å². The lowest BCUT2D eigenvalue weighted by molar-refractivity contribution is -0.150. The molecule has 0 rings (SSSR count). The van der Waals surface area contributed by atoms with Crippen LogP contribution in [0.5, 0.6) is 0 Å². The summed E-state index contributed by atoms with van der Waals surface area (Å²) in [5, 5.41) is 12.0. The summed E-state index contributed by atoms with van der Waals surface area (Å²) in [7, 11) is 1.54. The maximum Gasteiger partial charge on any atom is 0.331 e. The Hall–Kier alpha value is -0.940. The van der Waals surface area contributed by atoms with E-state index in [9.17, 15) is 14.7 Å². The third kappa shape index (κ3) is 4.74. The van der Waals surface area contributed by atoms with Crippen molar-refractivity contribution in [2.75, 3.05) is 13.6 Å². The van der Waals surface area contributed by atoms with E-state index in [1.807, 2.05) is 6.92 Å². The number of unbranched alkanes of at least 4 members (excludes halogenated alkanes) is 3. The number of hydrogen-bond donors (Lipinski definition) is 3. The minimum absolute atomic E-state index is 0.219. The third-order valence-corrected chi connectivity index (χ3v) is 3.28. The summed E-state index contributed by atoms with van der Waals surface area (Å²) >= 11 is 0. The molecule has 0 heterocycles. The lowest BCUT2D eigenvalue weighted by Gasteiger charge is -2.27. The van der Waals surface area contributed by atoms with Gasteiger partial charge in [0.05, 0.1) is 0 Å². The Morgan fingerprint density at radius 3 is 2.33 bits per heavy atom. The number of nitrogens with two attached hydrogens (primary N) is 1. The number of carboxylic acid groups (broad SMARTS) is 1. The molecular formula is C13H26N2O3. The largest absolute Gasteiger partial charge is 0.480 e. The van der Waals surface area contributed by atoms with Gasteiger partial charge in [-0.05, 0) is 39.3 Å². The van der Waals surface area contributed by atoms with Gasteiger partial charge < -0.3 is 10.8 Å². The molecule has 5 nitrogen and oxygen atoms in total. The summed E-state index contributed by atoms with van der Waals surface area (Å²) in [4.78, 5) is 23.5. The van der Waals surface area contributed by atoms with Gasteiger partial charge in [0.15, 0.2) is 11.3 Å². The molecule has 0 aromatic carbocycles. The Bertz CT molecular complexity index is 269. The van der Waals surface area contributed by atoms with E-state index in [1.165, 1.54) is 7.05 Å². The highest BCUT2D eigenvalue weighted by Gasteiger charge is 2.43. The summed E-state index contributed by atoms with van der Waals surface area (Å²) in [6.07, 6.45) is 4.73. The summed E-state index contributed by atoms with van der Waals surface area (Å²) < 4.78 is 0. The first-order valence-corrected chi connectivity index (χ1v) is 6.70. The summed E-state index contributed by atoms with van der Waals surface area (Å²) in [5.74, 6) is -1.30. The van der Waals surface area contributed by atoms with E-state index in [4.69, 9.17) is 5.73 Å². The number of nitrogens with one attached hydrogen (secondary N) is 1. The molecular weight excluding hydrogens is 232 g/mol. The van der Waals surface area contributed by atoms with E-state index in [2.05, 4.69) is 5.32 Å². The van der Waals surface area contributed by atoms with Crippen LogP contribution in [0, 0.1) is 0 Å². The van der Waals surface area contributed by atoms with Crippen molar-refractivity contribution in [3.63, 3.8) is 0 Å². The highest BCUT2D eigenvalue weighted by Crippen LogP contribution is 2.19. The van der Waals surface area contributed by atoms with Gasteiger partial charge >= 0.3 is 5.97 Å². The fourth-order valence-corrected chi connectivity index (χ4v) is 2.02. The van der Waals surface area contributed by atoms with Gasteiger partial charge in [-0.25, -0.2) is 4.79 Å². The summed E-state index contributed by atoms with van der Waals surface area (Å²) in [5.41, 5.74) is 3.97. The summed E-state index contributed by atoms with van der Waals surface area (Å²) in [6.45, 7) is 2.57. The molecule has 0 aromatic rings. The highest BCUT2D eigenvalue weighted by molar-refractivity contribution is 6.07. The monoisotopic (exact) mass is 258 g/mol. The van der Waals surface area contributed by atoms with Crippen molar-refractivity contribution in [2.45, 2.75) is 57.4 Å². The number of hydrogen-bond acceptors (Lipinski definition) is 4. The van der Waals surface area contributed by atoms with Crippen molar-refractivity contribution in [1.29, 1.82) is 0 Å². The van der Waals surface area contributed by atoms with E-state index in [0.717, 1.165) is 25.7 Å². The quantitative estimate of drug-likeness (QED) is 0.384. The molecule has 0 aliphatic rings. The molecule has 0 aromatic heterocycles. The van der Waals surface area contributed by atoms with Crippen LogP contribution in [0.4, 0.5) is 0 Å². The van der Waals surface area contributed by atoms with Crippen LogP contribution >= 0.6 is 0 Å². The highest BCUT2D eigenvalue weighted by atomic mass is 16.4. The van der Waals surface area contributed by atoms with Crippen LogP contribution in [-0.4, -0.2) is 36.0 Å². The minimum atomic E-state index is -1.43. The molecule has 0 fully saturated rings. The molecule has 0 bridgehead atoms. The molecule has 18 heavy (non-hydrogen) atoms. The Balaban J connectivity index is 4.62. The second-order valence-corrected chi connectivity index (χ2v) is 4.59. The Kier molecular flexibility index (Phi) is 8.58. The second-order valence-electron chi connectivity index (χ2n) is 4.59. The number of carbonyl (C=O) groups is 2. The lowest BCUT2D eigenvalue weighted by atomic mass is 9.85. The Morgan fingerprint density at radius 2 is 1.89 bits per heavy atom. The van der Waals surface area contributed by atoms with Crippen molar-refractivity contribution in [3.05, 3.63) is 0 Å². The molecule has 0 radical (unpaired) electrons. The predicted octanol–water partition coefficient (Wildman–Crippen LogP) is 1.31. The van der Waals surface area contributed by atoms with Crippen LogP contribution < -0.4 is 11.1 Å². The average molecular weight is 258 g/mol. The maximum absolute atomic E-state index is 12.1. The van der Waals surface area contributed by atoms with Crippen LogP contribution in [0.25, 0.3) is 0 Å². The molecule has 1 atom stereocenters. The number of rotatable bonds is 11. The number of likely N-dealkylation sites (N-methyl/N-ethyl adjacent to an activating group) is 1. The average Bonchev–Trinajstić information content (AvgIpc) is 2.34. The first kappa shape index (κ1) is 17.1. The van der Waals surface area contributed by atoms with Crippen molar-refractivity contribution >= 4 is 11.8 Å². The van der Waals surface area contributed by atoms with Gasteiger partial charge in [-0.1, -0.05) is 19.8 Å². The van der Waals surface area contributed by atoms with E-state index in [1.54, 1.807) is 0 Å². The number of ketones is 1. The first-order valence-electron chi connectivity index (χ1n) is 6.70. The van der Waals surface area contributed by atoms with Crippen molar-refractivity contribution in [2.24, 2.45) is 5.73 Å². The van der Waals surface area contributed by atoms with Gasteiger partial charge in [-0.2, -0.15) is 0 Å². The van der Waals surface area contributed by atoms with Gasteiger partial charge in [-0.3, -0.25) is 10.1 Å². The zero-order chi connectivity index (χ0) is 14.0. The van der Waals surface area contributed by atoms with Crippen LogP contribution in [0.3, 0.4) is 0 Å². The molecule has 5 heteroatoms. The molecule has 4 N–H and O–H groups in total. The molecule has 106 valence electrons. The van der Waals surface area contributed by atoms with E-state index < -0.39 is 11.5 Å². The van der Waals surface area contributed by atoms with Crippen LogP contribution in [0.15, 0.2) is 0 Å². The van der Waals surface area contributed by atoms with Gasteiger partial charge in [0.1, 0.15) is 0 Å². The zero-order valence-electron chi connectivity index (χ0n) is 11.5. The van der Waals surface area contributed by atoms with Gasteiger partial charge in [0, 0.05) is 6.42 Å². The zero-order valence-corrected chi connectivity index (χ0v) is 11.5. The molecule has 0 amide bonds. The lowest BCUT2D eigenvalue weighted by Crippen LogP contribution is -2.56. The number of carboxylic acids is 1. The number of Topliss-reactive ketones (excluding diaryl/α,β-unsaturated/α-hetero) is 1. The SMILES string of the molecule is CCCCCC(=O)[C@@](CCCCN)(NC)C(=O)O. The van der Waals surface area contributed by atoms with Crippen molar-refractivity contribution in [3.8, 4) is 0 Å². The Labute approximate surface area is 109 Å².